The lowest BCUT2D eigenvalue weighted by Crippen LogP contribution is -1.96. The molecule has 0 amide bonds. The number of hydrogen-bond acceptors (Lipinski definition) is 3. The Bertz CT molecular complexity index is 497. The van der Waals surface area contributed by atoms with Crippen molar-refractivity contribution in [3.8, 4) is 0 Å². The van der Waals surface area contributed by atoms with Gasteiger partial charge in [0, 0.05) is 6.26 Å². The summed E-state index contributed by atoms with van der Waals surface area (Å²) in [5, 5.41) is 8.41. The number of carboxylic acid groups (broad SMARTS) is 1. The molecule has 1 N–H and O–H groups in total. The molecule has 0 aliphatic carbocycles. The SMILES string of the molecule is CS(=O)(=O)c1ccc(C=CCC(=O)O)cc1. The first-order valence-electron chi connectivity index (χ1n) is 4.58. The Hall–Kier alpha value is -1.62. The van der Waals surface area contributed by atoms with Crippen LogP contribution < -0.4 is 0 Å². The summed E-state index contributed by atoms with van der Waals surface area (Å²) in [7, 11) is -3.17. The van der Waals surface area contributed by atoms with Crippen molar-refractivity contribution in [2.75, 3.05) is 6.26 Å². The van der Waals surface area contributed by atoms with E-state index < -0.39 is 15.8 Å². The first-order chi connectivity index (χ1) is 7.39. The van der Waals surface area contributed by atoms with E-state index in [0.717, 1.165) is 11.8 Å². The smallest absolute Gasteiger partial charge is 0.307 e. The lowest BCUT2D eigenvalue weighted by molar-refractivity contribution is -0.135. The number of sulfone groups is 1. The molecule has 1 aromatic rings. The summed E-state index contributed by atoms with van der Waals surface area (Å²) in [5.74, 6) is -0.899. The number of benzene rings is 1. The Balaban J connectivity index is 2.80. The lowest BCUT2D eigenvalue weighted by Gasteiger charge is -1.98. The Labute approximate surface area is 94.1 Å². The summed E-state index contributed by atoms with van der Waals surface area (Å²) >= 11 is 0. The molecule has 86 valence electrons. The molecule has 0 aromatic heterocycles. The Morgan fingerprint density at radius 1 is 1.31 bits per heavy atom. The highest BCUT2D eigenvalue weighted by molar-refractivity contribution is 7.90. The van der Waals surface area contributed by atoms with E-state index in [1.807, 2.05) is 0 Å². The standard InChI is InChI=1S/C11H12O4S/c1-16(14,15)10-7-5-9(6-8-10)3-2-4-11(12)13/h2-3,5-8H,4H2,1H3,(H,12,13). The molecule has 0 aliphatic heterocycles. The predicted octanol–water partition coefficient (Wildman–Crippen LogP) is 1.58. The van der Waals surface area contributed by atoms with Crippen LogP contribution in [0.2, 0.25) is 0 Å². The molecule has 0 aliphatic rings. The normalized spacial score (nSPS) is 11.8. The fourth-order valence-corrected chi connectivity index (χ4v) is 1.75. The number of carboxylic acids is 1. The van der Waals surface area contributed by atoms with Gasteiger partial charge in [-0.3, -0.25) is 4.79 Å². The summed E-state index contributed by atoms with van der Waals surface area (Å²) in [5.41, 5.74) is 0.772. The van der Waals surface area contributed by atoms with Gasteiger partial charge in [0.2, 0.25) is 0 Å². The van der Waals surface area contributed by atoms with E-state index in [2.05, 4.69) is 0 Å². The van der Waals surface area contributed by atoms with Crippen molar-refractivity contribution in [2.45, 2.75) is 11.3 Å². The predicted molar refractivity (Wildman–Crippen MR) is 60.8 cm³/mol. The van der Waals surface area contributed by atoms with Crippen LogP contribution in [0.3, 0.4) is 0 Å². The van der Waals surface area contributed by atoms with Crippen molar-refractivity contribution in [3.05, 3.63) is 35.9 Å². The van der Waals surface area contributed by atoms with Crippen LogP contribution in [0.1, 0.15) is 12.0 Å². The number of rotatable bonds is 4. The first-order valence-corrected chi connectivity index (χ1v) is 6.47. The van der Waals surface area contributed by atoms with E-state index in [-0.39, 0.29) is 11.3 Å². The van der Waals surface area contributed by atoms with Gasteiger partial charge in [-0.2, -0.15) is 0 Å². The van der Waals surface area contributed by atoms with Crippen LogP contribution in [0.25, 0.3) is 6.08 Å². The van der Waals surface area contributed by atoms with Crippen LogP contribution >= 0.6 is 0 Å². The van der Waals surface area contributed by atoms with Gasteiger partial charge in [-0.15, -0.1) is 0 Å². The maximum Gasteiger partial charge on any atom is 0.307 e. The molecule has 1 rings (SSSR count). The van der Waals surface area contributed by atoms with Crippen molar-refractivity contribution in [2.24, 2.45) is 0 Å². The second-order valence-electron chi connectivity index (χ2n) is 3.34. The maximum atomic E-state index is 11.2. The molecule has 5 heteroatoms. The highest BCUT2D eigenvalue weighted by atomic mass is 32.2. The van der Waals surface area contributed by atoms with Gasteiger partial charge in [0.15, 0.2) is 9.84 Å². The van der Waals surface area contributed by atoms with E-state index >= 15 is 0 Å². The number of carbonyl (C=O) groups is 1. The number of aliphatic carboxylic acids is 1. The molecule has 0 saturated heterocycles. The molecule has 1 aromatic carbocycles. The fraction of sp³-hybridized carbons (Fsp3) is 0.182. The van der Waals surface area contributed by atoms with Crippen LogP contribution in [-0.2, 0) is 14.6 Å². The molecular weight excluding hydrogens is 228 g/mol. The molecular formula is C11H12O4S. The van der Waals surface area contributed by atoms with Gasteiger partial charge in [-0.25, -0.2) is 8.42 Å². The Morgan fingerprint density at radius 2 is 1.88 bits per heavy atom. The van der Waals surface area contributed by atoms with Gasteiger partial charge in [0.1, 0.15) is 0 Å². The molecule has 4 nitrogen and oxygen atoms in total. The largest absolute Gasteiger partial charge is 0.481 e. The minimum Gasteiger partial charge on any atom is -0.481 e. The third-order valence-corrected chi connectivity index (χ3v) is 3.04. The highest BCUT2D eigenvalue weighted by Gasteiger charge is 2.04. The molecule has 0 fully saturated rings. The molecule has 0 spiro atoms. The molecule has 0 saturated carbocycles. The first kappa shape index (κ1) is 12.4. The van der Waals surface area contributed by atoms with E-state index in [4.69, 9.17) is 5.11 Å². The minimum absolute atomic E-state index is 0.0478. The topological polar surface area (TPSA) is 71.4 Å². The van der Waals surface area contributed by atoms with Crippen LogP contribution in [0.15, 0.2) is 35.2 Å². The van der Waals surface area contributed by atoms with Gasteiger partial charge in [0.25, 0.3) is 0 Å². The highest BCUT2D eigenvalue weighted by Crippen LogP contribution is 2.11. The molecule has 0 atom stereocenters. The van der Waals surface area contributed by atoms with E-state index in [9.17, 15) is 13.2 Å². The lowest BCUT2D eigenvalue weighted by atomic mass is 10.2. The van der Waals surface area contributed by atoms with E-state index in [1.54, 1.807) is 18.2 Å². The van der Waals surface area contributed by atoms with Crippen LogP contribution in [0.4, 0.5) is 0 Å². The second kappa shape index (κ2) is 4.94. The fourth-order valence-electron chi connectivity index (χ4n) is 1.12. The van der Waals surface area contributed by atoms with Gasteiger partial charge >= 0.3 is 5.97 Å². The van der Waals surface area contributed by atoms with Gasteiger partial charge in [-0.05, 0) is 17.7 Å². The van der Waals surface area contributed by atoms with Crippen molar-refractivity contribution in [1.82, 2.24) is 0 Å². The second-order valence-corrected chi connectivity index (χ2v) is 5.36. The third kappa shape index (κ3) is 3.86. The Kier molecular flexibility index (Phi) is 3.84. The summed E-state index contributed by atoms with van der Waals surface area (Å²) in [6.07, 6.45) is 4.24. The molecule has 0 radical (unpaired) electrons. The maximum absolute atomic E-state index is 11.2. The summed E-state index contributed by atoms with van der Waals surface area (Å²) in [6, 6.07) is 6.26. The zero-order valence-electron chi connectivity index (χ0n) is 8.75. The van der Waals surface area contributed by atoms with E-state index in [1.165, 1.54) is 18.2 Å². The molecule has 0 bridgehead atoms. The van der Waals surface area contributed by atoms with Gasteiger partial charge in [-0.1, -0.05) is 24.3 Å². The zero-order valence-corrected chi connectivity index (χ0v) is 9.57. The average Bonchev–Trinajstić information content (AvgIpc) is 2.16. The molecule has 16 heavy (non-hydrogen) atoms. The average molecular weight is 240 g/mol. The van der Waals surface area contributed by atoms with Crippen LogP contribution in [0.5, 0.6) is 0 Å². The summed E-state index contributed by atoms with van der Waals surface area (Å²) in [6.45, 7) is 0. The molecule has 0 unspecified atom stereocenters. The van der Waals surface area contributed by atoms with Crippen molar-refractivity contribution in [1.29, 1.82) is 0 Å². The molecule has 0 heterocycles. The van der Waals surface area contributed by atoms with Crippen LogP contribution in [-0.4, -0.2) is 25.7 Å². The summed E-state index contributed by atoms with van der Waals surface area (Å²) in [4.78, 5) is 10.5. The van der Waals surface area contributed by atoms with Crippen molar-refractivity contribution in [3.63, 3.8) is 0 Å². The van der Waals surface area contributed by atoms with Crippen molar-refractivity contribution < 1.29 is 18.3 Å². The Morgan fingerprint density at radius 3 is 2.31 bits per heavy atom. The zero-order chi connectivity index (χ0) is 12.2. The number of hydrogen-bond donors (Lipinski definition) is 1. The quantitative estimate of drug-likeness (QED) is 0.867. The van der Waals surface area contributed by atoms with Crippen LogP contribution in [0, 0.1) is 0 Å². The summed E-state index contributed by atoms with van der Waals surface area (Å²) < 4.78 is 22.3. The van der Waals surface area contributed by atoms with Gasteiger partial charge in [0.05, 0.1) is 11.3 Å². The van der Waals surface area contributed by atoms with Crippen molar-refractivity contribution >= 4 is 21.9 Å². The van der Waals surface area contributed by atoms with E-state index in [0.29, 0.717) is 0 Å². The third-order valence-electron chi connectivity index (χ3n) is 1.91. The minimum atomic E-state index is -3.17. The van der Waals surface area contributed by atoms with Gasteiger partial charge < -0.3 is 5.11 Å². The monoisotopic (exact) mass is 240 g/mol.